The Labute approximate surface area is 114 Å². The third kappa shape index (κ3) is 3.81. The number of aryl methyl sites for hydroxylation is 1. The summed E-state index contributed by atoms with van der Waals surface area (Å²) in [5.74, 6) is 0.162. The van der Waals surface area contributed by atoms with Crippen LogP contribution in [-0.4, -0.2) is 36.9 Å². The fourth-order valence-corrected chi connectivity index (χ4v) is 2.44. The minimum atomic E-state index is -3.79. The molecule has 0 aromatic carbocycles. The second kappa shape index (κ2) is 5.75. The van der Waals surface area contributed by atoms with E-state index in [4.69, 9.17) is 5.14 Å². The lowest BCUT2D eigenvalue weighted by atomic mass is 10.2. The number of carbonyl (C=O) groups excluding carboxylic acids is 1. The summed E-state index contributed by atoms with van der Waals surface area (Å²) < 4.78 is 24.0. The summed E-state index contributed by atoms with van der Waals surface area (Å²) in [7, 11) is -2.15. The van der Waals surface area contributed by atoms with Crippen molar-refractivity contribution in [3.8, 4) is 0 Å². The number of nitrogens with two attached hydrogens (primary N) is 1. The monoisotopic (exact) mass is 287 g/mol. The van der Waals surface area contributed by atoms with Gasteiger partial charge in [0.15, 0.2) is 0 Å². The van der Waals surface area contributed by atoms with Crippen molar-refractivity contribution in [1.29, 1.82) is 0 Å². The fourth-order valence-electron chi connectivity index (χ4n) is 1.86. The molecule has 0 aliphatic heterocycles. The minimum absolute atomic E-state index is 0.0426. The number of sulfonamides is 1. The van der Waals surface area contributed by atoms with Gasteiger partial charge in [-0.05, 0) is 18.9 Å². The summed E-state index contributed by atoms with van der Waals surface area (Å²) in [5.41, 5.74) is 0.325. The normalized spacial score (nSPS) is 11.9. The molecule has 0 aliphatic rings. The van der Waals surface area contributed by atoms with Crippen LogP contribution in [0.3, 0.4) is 0 Å². The van der Waals surface area contributed by atoms with Crippen LogP contribution in [0.5, 0.6) is 0 Å². The van der Waals surface area contributed by atoms with E-state index < -0.39 is 10.0 Å². The highest BCUT2D eigenvalue weighted by atomic mass is 32.2. The first-order valence-corrected chi connectivity index (χ1v) is 7.69. The largest absolute Gasteiger partial charge is 0.345 e. The molecule has 0 bridgehead atoms. The summed E-state index contributed by atoms with van der Waals surface area (Å²) in [4.78, 5) is 14.0. The summed E-state index contributed by atoms with van der Waals surface area (Å²) in [6, 6.07) is 1.32. The lowest BCUT2D eigenvalue weighted by Gasteiger charge is -2.23. The van der Waals surface area contributed by atoms with E-state index in [-0.39, 0.29) is 10.8 Å². The maximum atomic E-state index is 12.3. The third-order valence-electron chi connectivity index (χ3n) is 2.78. The molecule has 2 N–H and O–H groups in total. The number of aromatic nitrogens is 1. The van der Waals surface area contributed by atoms with Crippen molar-refractivity contribution in [2.45, 2.75) is 25.7 Å². The van der Waals surface area contributed by atoms with Crippen molar-refractivity contribution in [1.82, 2.24) is 9.47 Å². The number of nitrogens with zero attached hydrogens (tertiary/aromatic N) is 2. The van der Waals surface area contributed by atoms with Crippen LogP contribution in [0.1, 0.15) is 31.3 Å². The van der Waals surface area contributed by atoms with Crippen molar-refractivity contribution < 1.29 is 13.2 Å². The maximum absolute atomic E-state index is 12.3. The van der Waals surface area contributed by atoms with E-state index in [1.807, 2.05) is 20.8 Å². The number of amides is 1. The summed E-state index contributed by atoms with van der Waals surface area (Å²) in [5, 5.41) is 5.06. The van der Waals surface area contributed by atoms with Crippen molar-refractivity contribution >= 4 is 15.9 Å². The average molecular weight is 287 g/mol. The predicted molar refractivity (Wildman–Crippen MR) is 73.2 cm³/mol. The number of carbonyl (C=O) groups is 1. The van der Waals surface area contributed by atoms with E-state index in [9.17, 15) is 13.2 Å². The van der Waals surface area contributed by atoms with Crippen LogP contribution in [-0.2, 0) is 17.1 Å². The van der Waals surface area contributed by atoms with E-state index in [0.29, 0.717) is 24.7 Å². The molecule has 0 fully saturated rings. The van der Waals surface area contributed by atoms with Gasteiger partial charge in [-0.15, -0.1) is 0 Å². The predicted octanol–water partition coefficient (Wildman–Crippen LogP) is 0.791. The zero-order valence-electron chi connectivity index (χ0n) is 11.8. The second-order valence-electron chi connectivity index (χ2n) is 4.95. The Morgan fingerprint density at radius 2 is 2.05 bits per heavy atom. The van der Waals surface area contributed by atoms with E-state index in [1.54, 1.807) is 11.9 Å². The Hall–Kier alpha value is -1.34. The van der Waals surface area contributed by atoms with Crippen molar-refractivity contribution in [3.63, 3.8) is 0 Å². The lowest BCUT2D eigenvalue weighted by Crippen LogP contribution is -2.35. The standard InChI is InChI=1S/C12H21N3O3S/c1-5-15(7-9(2)3)12(16)11-6-10(8-14(11)4)19(13,17)18/h6,8-9H,5,7H2,1-4H3,(H2,13,17,18). The van der Waals surface area contributed by atoms with E-state index in [2.05, 4.69) is 0 Å². The van der Waals surface area contributed by atoms with Crippen LogP contribution in [0.2, 0.25) is 0 Å². The topological polar surface area (TPSA) is 85.4 Å². The van der Waals surface area contributed by atoms with Crippen LogP contribution in [0.25, 0.3) is 0 Å². The first-order valence-electron chi connectivity index (χ1n) is 6.15. The highest BCUT2D eigenvalue weighted by Gasteiger charge is 2.21. The quantitative estimate of drug-likeness (QED) is 0.868. The van der Waals surface area contributed by atoms with Gasteiger partial charge in [-0.1, -0.05) is 13.8 Å². The molecule has 1 rings (SSSR count). The van der Waals surface area contributed by atoms with E-state index in [1.165, 1.54) is 16.8 Å². The molecule has 0 spiro atoms. The number of rotatable bonds is 5. The molecule has 0 saturated heterocycles. The zero-order chi connectivity index (χ0) is 14.8. The first-order chi connectivity index (χ1) is 8.66. The fraction of sp³-hybridized carbons (Fsp3) is 0.583. The number of hydrogen-bond acceptors (Lipinski definition) is 3. The molecular formula is C12H21N3O3S. The number of hydrogen-bond donors (Lipinski definition) is 1. The van der Waals surface area contributed by atoms with Crippen LogP contribution in [0, 0.1) is 5.92 Å². The molecule has 0 unspecified atom stereocenters. The number of primary sulfonamides is 1. The summed E-state index contributed by atoms with van der Waals surface area (Å²) in [6.07, 6.45) is 1.35. The van der Waals surface area contributed by atoms with Gasteiger partial charge in [0.1, 0.15) is 10.6 Å². The molecule has 1 aromatic rings. The zero-order valence-corrected chi connectivity index (χ0v) is 12.6. The molecule has 19 heavy (non-hydrogen) atoms. The average Bonchev–Trinajstić information content (AvgIpc) is 2.66. The van der Waals surface area contributed by atoms with Gasteiger partial charge >= 0.3 is 0 Å². The Morgan fingerprint density at radius 3 is 2.42 bits per heavy atom. The molecular weight excluding hydrogens is 266 g/mol. The highest BCUT2D eigenvalue weighted by molar-refractivity contribution is 7.89. The minimum Gasteiger partial charge on any atom is -0.345 e. The summed E-state index contributed by atoms with van der Waals surface area (Å²) >= 11 is 0. The molecule has 0 atom stereocenters. The first kappa shape index (κ1) is 15.7. The molecule has 1 heterocycles. The molecule has 0 saturated carbocycles. The molecule has 6 nitrogen and oxygen atoms in total. The van der Waals surface area contributed by atoms with Crippen molar-refractivity contribution in [3.05, 3.63) is 18.0 Å². The molecule has 0 radical (unpaired) electrons. The molecule has 7 heteroatoms. The lowest BCUT2D eigenvalue weighted by molar-refractivity contribution is 0.0736. The Bertz CT molecular complexity index is 561. The van der Waals surface area contributed by atoms with E-state index in [0.717, 1.165) is 0 Å². The van der Waals surface area contributed by atoms with Gasteiger partial charge in [-0.3, -0.25) is 4.79 Å². The smallest absolute Gasteiger partial charge is 0.270 e. The van der Waals surface area contributed by atoms with Gasteiger partial charge in [-0.2, -0.15) is 0 Å². The van der Waals surface area contributed by atoms with Crippen LogP contribution in [0.4, 0.5) is 0 Å². The van der Waals surface area contributed by atoms with Crippen LogP contribution in [0.15, 0.2) is 17.2 Å². The Morgan fingerprint density at radius 1 is 1.47 bits per heavy atom. The van der Waals surface area contributed by atoms with E-state index >= 15 is 0 Å². The summed E-state index contributed by atoms with van der Waals surface area (Å²) in [6.45, 7) is 7.15. The van der Waals surface area contributed by atoms with Gasteiger partial charge in [0.05, 0.1) is 0 Å². The molecule has 108 valence electrons. The van der Waals surface area contributed by atoms with Crippen LogP contribution >= 0.6 is 0 Å². The second-order valence-corrected chi connectivity index (χ2v) is 6.52. The van der Waals surface area contributed by atoms with Crippen LogP contribution < -0.4 is 5.14 Å². The maximum Gasteiger partial charge on any atom is 0.270 e. The van der Waals surface area contributed by atoms with Gasteiger partial charge in [-0.25, -0.2) is 13.6 Å². The van der Waals surface area contributed by atoms with Gasteiger partial charge < -0.3 is 9.47 Å². The SMILES string of the molecule is CCN(CC(C)C)C(=O)c1cc(S(N)(=O)=O)cn1C. The van der Waals surface area contributed by atoms with Crippen molar-refractivity contribution in [2.75, 3.05) is 13.1 Å². The molecule has 0 aliphatic carbocycles. The van der Waals surface area contributed by atoms with Crippen molar-refractivity contribution in [2.24, 2.45) is 18.1 Å². The Kier molecular flexibility index (Phi) is 4.75. The van der Waals surface area contributed by atoms with Gasteiger partial charge in [0, 0.05) is 26.3 Å². The van der Waals surface area contributed by atoms with Gasteiger partial charge in [0.25, 0.3) is 5.91 Å². The Balaban J connectivity index is 3.09. The third-order valence-corrected chi connectivity index (χ3v) is 3.66. The van der Waals surface area contributed by atoms with Gasteiger partial charge in [0.2, 0.25) is 10.0 Å². The highest BCUT2D eigenvalue weighted by Crippen LogP contribution is 2.14. The molecule has 1 amide bonds. The molecule has 1 aromatic heterocycles.